The second kappa shape index (κ2) is 8.25. The number of benzene rings is 1. The van der Waals surface area contributed by atoms with Gasteiger partial charge in [-0.05, 0) is 24.5 Å². The van der Waals surface area contributed by atoms with Gasteiger partial charge in [-0.15, -0.1) is 0 Å². The maximum atomic E-state index is 11.7. The number of rotatable bonds is 5. The fourth-order valence-corrected chi connectivity index (χ4v) is 2.49. The number of amides is 2. The van der Waals surface area contributed by atoms with Crippen molar-refractivity contribution in [3.05, 3.63) is 42.0 Å². The van der Waals surface area contributed by atoms with Crippen molar-refractivity contribution in [1.29, 1.82) is 0 Å². The summed E-state index contributed by atoms with van der Waals surface area (Å²) >= 11 is 0. The highest BCUT2D eigenvalue weighted by Crippen LogP contribution is 2.17. The molecule has 1 aromatic carbocycles. The fraction of sp³-hybridized carbons (Fsp3) is 0.412. The van der Waals surface area contributed by atoms with E-state index in [4.69, 9.17) is 0 Å². The lowest BCUT2D eigenvalue weighted by atomic mass is 9.95. The van der Waals surface area contributed by atoms with E-state index >= 15 is 0 Å². The number of hydrogen-bond donors (Lipinski definition) is 2. The maximum absolute atomic E-state index is 11.7. The summed E-state index contributed by atoms with van der Waals surface area (Å²) in [6, 6.07) is 9.86. The topological polar surface area (TPSA) is 58.2 Å². The third kappa shape index (κ3) is 5.81. The van der Waals surface area contributed by atoms with Crippen LogP contribution >= 0.6 is 0 Å². The van der Waals surface area contributed by atoms with E-state index in [0.717, 1.165) is 18.4 Å². The molecule has 0 saturated heterocycles. The van der Waals surface area contributed by atoms with Gasteiger partial charge in [-0.1, -0.05) is 49.6 Å². The quantitative estimate of drug-likeness (QED) is 0.816. The lowest BCUT2D eigenvalue weighted by Crippen LogP contribution is -2.42. The van der Waals surface area contributed by atoms with Gasteiger partial charge in [-0.25, -0.2) is 0 Å². The molecule has 112 valence electrons. The molecule has 21 heavy (non-hydrogen) atoms. The van der Waals surface area contributed by atoms with Gasteiger partial charge < -0.3 is 10.6 Å². The number of carbonyl (C=O) groups is 2. The van der Waals surface area contributed by atoms with E-state index in [1.54, 1.807) is 6.08 Å². The Balaban J connectivity index is 1.68. The molecule has 0 unspecified atom stereocenters. The van der Waals surface area contributed by atoms with Gasteiger partial charge in [0.1, 0.15) is 0 Å². The Morgan fingerprint density at radius 2 is 1.81 bits per heavy atom. The molecule has 0 atom stereocenters. The number of hydrogen-bond acceptors (Lipinski definition) is 2. The van der Waals surface area contributed by atoms with Crippen LogP contribution in [0.25, 0.3) is 6.08 Å². The van der Waals surface area contributed by atoms with E-state index in [9.17, 15) is 9.59 Å². The molecule has 1 aliphatic rings. The molecule has 0 heterocycles. The SMILES string of the molecule is O=C(C=Cc1ccccc1)NCC(=O)NC1CCCCC1. The van der Waals surface area contributed by atoms with Crippen LogP contribution in [0, 0.1) is 0 Å². The van der Waals surface area contributed by atoms with Crippen LogP contribution in [-0.2, 0) is 9.59 Å². The zero-order valence-corrected chi connectivity index (χ0v) is 12.2. The van der Waals surface area contributed by atoms with Crippen molar-refractivity contribution in [1.82, 2.24) is 10.6 Å². The molecular weight excluding hydrogens is 264 g/mol. The predicted molar refractivity (Wildman–Crippen MR) is 83.5 cm³/mol. The third-order valence-electron chi connectivity index (χ3n) is 3.62. The van der Waals surface area contributed by atoms with Crippen molar-refractivity contribution >= 4 is 17.9 Å². The van der Waals surface area contributed by atoms with Crippen LogP contribution in [0.3, 0.4) is 0 Å². The van der Waals surface area contributed by atoms with E-state index in [0.29, 0.717) is 0 Å². The van der Waals surface area contributed by atoms with Crippen LogP contribution in [0.2, 0.25) is 0 Å². The summed E-state index contributed by atoms with van der Waals surface area (Å²) in [4.78, 5) is 23.4. The van der Waals surface area contributed by atoms with Gasteiger partial charge in [0.05, 0.1) is 6.54 Å². The normalized spacial score (nSPS) is 15.8. The molecule has 4 heteroatoms. The average molecular weight is 286 g/mol. The van der Waals surface area contributed by atoms with Crippen LogP contribution in [0.4, 0.5) is 0 Å². The van der Waals surface area contributed by atoms with Gasteiger partial charge in [-0.3, -0.25) is 9.59 Å². The minimum Gasteiger partial charge on any atom is -0.352 e. The van der Waals surface area contributed by atoms with Crippen molar-refractivity contribution in [2.45, 2.75) is 38.1 Å². The molecule has 1 aliphatic carbocycles. The zero-order valence-electron chi connectivity index (χ0n) is 12.2. The van der Waals surface area contributed by atoms with E-state index in [1.165, 1.54) is 25.3 Å². The van der Waals surface area contributed by atoms with E-state index in [2.05, 4.69) is 10.6 Å². The van der Waals surface area contributed by atoms with Gasteiger partial charge in [-0.2, -0.15) is 0 Å². The van der Waals surface area contributed by atoms with Crippen LogP contribution < -0.4 is 10.6 Å². The van der Waals surface area contributed by atoms with Crippen molar-refractivity contribution in [3.8, 4) is 0 Å². The maximum Gasteiger partial charge on any atom is 0.244 e. The Labute approximate surface area is 125 Å². The Hall–Kier alpha value is -2.10. The van der Waals surface area contributed by atoms with E-state index < -0.39 is 0 Å². The summed E-state index contributed by atoms with van der Waals surface area (Å²) in [5.41, 5.74) is 0.958. The summed E-state index contributed by atoms with van der Waals surface area (Å²) in [5.74, 6) is -0.360. The first-order chi connectivity index (χ1) is 10.2. The molecule has 0 aliphatic heterocycles. The molecule has 2 N–H and O–H groups in total. The Morgan fingerprint density at radius 1 is 1.10 bits per heavy atom. The Morgan fingerprint density at radius 3 is 2.52 bits per heavy atom. The molecule has 1 saturated carbocycles. The van der Waals surface area contributed by atoms with Crippen molar-refractivity contribution in [2.24, 2.45) is 0 Å². The monoisotopic (exact) mass is 286 g/mol. The lowest BCUT2D eigenvalue weighted by Gasteiger charge is -2.22. The van der Waals surface area contributed by atoms with E-state index in [1.807, 2.05) is 30.3 Å². The highest BCUT2D eigenvalue weighted by molar-refractivity contribution is 5.94. The van der Waals surface area contributed by atoms with Crippen LogP contribution in [0.1, 0.15) is 37.7 Å². The lowest BCUT2D eigenvalue weighted by molar-refractivity contribution is -0.124. The molecule has 0 radical (unpaired) electrons. The smallest absolute Gasteiger partial charge is 0.244 e. The van der Waals surface area contributed by atoms with Gasteiger partial charge in [0.2, 0.25) is 11.8 Å². The minimum atomic E-state index is -0.252. The second-order valence-electron chi connectivity index (χ2n) is 5.36. The minimum absolute atomic E-state index is 0.0362. The zero-order chi connectivity index (χ0) is 14.9. The molecule has 4 nitrogen and oxygen atoms in total. The summed E-state index contributed by atoms with van der Waals surface area (Å²) < 4.78 is 0. The fourth-order valence-electron chi connectivity index (χ4n) is 2.49. The van der Waals surface area contributed by atoms with Gasteiger partial charge in [0.15, 0.2) is 0 Å². The van der Waals surface area contributed by atoms with Crippen molar-refractivity contribution in [2.75, 3.05) is 6.54 Å². The number of carbonyl (C=O) groups excluding carboxylic acids is 2. The van der Waals surface area contributed by atoms with E-state index in [-0.39, 0.29) is 24.4 Å². The van der Waals surface area contributed by atoms with Gasteiger partial charge >= 0.3 is 0 Å². The summed E-state index contributed by atoms with van der Waals surface area (Å²) in [7, 11) is 0. The largest absolute Gasteiger partial charge is 0.352 e. The standard InChI is InChI=1S/C17H22N2O2/c20-16(12-11-14-7-3-1-4-8-14)18-13-17(21)19-15-9-5-2-6-10-15/h1,3-4,7-8,11-12,15H,2,5-6,9-10,13H2,(H,18,20)(H,19,21). The van der Waals surface area contributed by atoms with Gasteiger partial charge in [0.25, 0.3) is 0 Å². The number of nitrogens with one attached hydrogen (secondary N) is 2. The third-order valence-corrected chi connectivity index (χ3v) is 3.62. The first-order valence-electron chi connectivity index (χ1n) is 7.54. The van der Waals surface area contributed by atoms with Crippen molar-refractivity contribution in [3.63, 3.8) is 0 Å². The highest BCUT2D eigenvalue weighted by Gasteiger charge is 2.15. The van der Waals surface area contributed by atoms with Crippen LogP contribution in [-0.4, -0.2) is 24.4 Å². The molecule has 0 bridgehead atoms. The van der Waals surface area contributed by atoms with Crippen LogP contribution in [0.5, 0.6) is 0 Å². The molecule has 2 amide bonds. The summed E-state index contributed by atoms with van der Waals surface area (Å²) in [6.07, 6.45) is 8.89. The van der Waals surface area contributed by atoms with Crippen molar-refractivity contribution < 1.29 is 9.59 Å². The Bertz CT molecular complexity index is 491. The second-order valence-corrected chi connectivity index (χ2v) is 5.36. The molecule has 0 aromatic heterocycles. The molecule has 1 fully saturated rings. The average Bonchev–Trinajstić information content (AvgIpc) is 2.53. The molecule has 1 aromatic rings. The highest BCUT2D eigenvalue weighted by atomic mass is 16.2. The van der Waals surface area contributed by atoms with Gasteiger partial charge in [0, 0.05) is 12.1 Å². The summed E-state index contributed by atoms with van der Waals surface area (Å²) in [6.45, 7) is 0.0362. The molecule has 0 spiro atoms. The first kappa shape index (κ1) is 15.3. The molecular formula is C17H22N2O2. The first-order valence-corrected chi connectivity index (χ1v) is 7.54. The predicted octanol–water partition coefficient (Wildman–Crippen LogP) is 2.26. The summed E-state index contributed by atoms with van der Waals surface area (Å²) in [5, 5.41) is 5.57. The molecule has 2 rings (SSSR count). The Kier molecular flexibility index (Phi) is 6.00. The van der Waals surface area contributed by atoms with Crippen LogP contribution in [0.15, 0.2) is 36.4 Å².